The molecule has 1 aromatic carbocycles. The Kier molecular flexibility index (Phi) is 12.8. The lowest BCUT2D eigenvalue weighted by molar-refractivity contribution is -0.128. The molecule has 1 aliphatic heterocycles. The van der Waals surface area contributed by atoms with E-state index in [0.29, 0.717) is 5.69 Å². The first-order chi connectivity index (χ1) is 23.5. The van der Waals surface area contributed by atoms with Crippen LogP contribution in [0.4, 0.5) is 4.79 Å². The number of benzene rings is 1. The van der Waals surface area contributed by atoms with Gasteiger partial charge >= 0.3 is 6.03 Å². The van der Waals surface area contributed by atoms with Gasteiger partial charge in [0.25, 0.3) is 10.0 Å². The minimum absolute atomic E-state index is 0.0188. The van der Waals surface area contributed by atoms with Gasteiger partial charge in [0.05, 0.1) is 24.4 Å². The van der Waals surface area contributed by atoms with Crippen LogP contribution in [-0.4, -0.2) is 115 Å². The SMILES string of the molecule is CC(C)CN(C[C@H](O)[C@H](Cc1ccccc1)NC(=O)[C@H](C(C)C)N1CCN(Cc2csc(S(C)(=O)=O)n2)C1=O)S(=O)(=O)c1ccc(C=NO)o1. The molecule has 3 aromatic rings. The van der Waals surface area contributed by atoms with Crippen LogP contribution in [-0.2, 0) is 37.6 Å². The van der Waals surface area contributed by atoms with Gasteiger partial charge in [-0.2, -0.15) is 4.31 Å². The van der Waals surface area contributed by atoms with Crippen LogP contribution in [0.15, 0.2) is 66.8 Å². The van der Waals surface area contributed by atoms with Crippen molar-refractivity contribution in [2.24, 2.45) is 17.0 Å². The fourth-order valence-electron chi connectivity index (χ4n) is 5.70. The number of sulfonamides is 1. The predicted octanol–water partition coefficient (Wildman–Crippen LogP) is 2.65. The number of rotatable bonds is 17. The summed E-state index contributed by atoms with van der Waals surface area (Å²) in [7, 11) is -7.75. The number of urea groups is 1. The number of nitrogens with one attached hydrogen (secondary N) is 1. The third-order valence-electron chi connectivity index (χ3n) is 7.99. The number of carbonyl (C=O) groups excluding carboxylic acids is 2. The van der Waals surface area contributed by atoms with Crippen LogP contribution in [0.5, 0.6) is 0 Å². The van der Waals surface area contributed by atoms with E-state index in [9.17, 15) is 31.5 Å². The number of nitrogens with zero attached hydrogens (tertiary/aromatic N) is 5. The molecule has 3 atom stereocenters. The molecule has 0 aliphatic carbocycles. The second-order valence-electron chi connectivity index (χ2n) is 13.0. The first-order valence-corrected chi connectivity index (χ1v) is 20.2. The van der Waals surface area contributed by atoms with E-state index in [1.807, 2.05) is 44.2 Å². The fourth-order valence-corrected chi connectivity index (χ4v) is 8.90. The van der Waals surface area contributed by atoms with Gasteiger partial charge in [0.2, 0.25) is 25.2 Å². The zero-order valence-electron chi connectivity index (χ0n) is 28.5. The van der Waals surface area contributed by atoms with Gasteiger partial charge in [-0.3, -0.25) is 4.79 Å². The molecule has 3 amide bonds. The monoisotopic (exact) mass is 752 g/mol. The Bertz CT molecular complexity index is 1860. The number of aliphatic hydroxyl groups excluding tert-OH is 1. The fraction of sp³-hybridized carbons (Fsp3) is 0.500. The maximum atomic E-state index is 14.1. The van der Waals surface area contributed by atoms with Crippen LogP contribution in [0.3, 0.4) is 0 Å². The van der Waals surface area contributed by atoms with Gasteiger partial charge in [-0.15, -0.1) is 11.3 Å². The summed E-state index contributed by atoms with van der Waals surface area (Å²) in [5, 5.41) is 27.5. The quantitative estimate of drug-likeness (QED) is 0.105. The Morgan fingerprint density at radius 2 is 1.80 bits per heavy atom. The Labute approximate surface area is 296 Å². The van der Waals surface area contributed by atoms with Crippen LogP contribution in [0.2, 0.25) is 0 Å². The van der Waals surface area contributed by atoms with Crippen LogP contribution < -0.4 is 5.32 Å². The number of sulfone groups is 1. The highest BCUT2D eigenvalue weighted by atomic mass is 32.2. The Morgan fingerprint density at radius 1 is 1.10 bits per heavy atom. The van der Waals surface area contributed by atoms with Crippen molar-refractivity contribution >= 4 is 49.4 Å². The molecule has 0 radical (unpaired) electrons. The van der Waals surface area contributed by atoms with Crippen molar-refractivity contribution in [1.29, 1.82) is 0 Å². The van der Waals surface area contributed by atoms with Crippen molar-refractivity contribution < 1.29 is 41.2 Å². The highest BCUT2D eigenvalue weighted by Gasteiger charge is 2.41. The van der Waals surface area contributed by atoms with Crippen molar-refractivity contribution in [3.05, 3.63) is 64.9 Å². The van der Waals surface area contributed by atoms with Gasteiger partial charge in [0.1, 0.15) is 18.0 Å². The summed E-state index contributed by atoms with van der Waals surface area (Å²) in [6.45, 7) is 7.51. The van der Waals surface area contributed by atoms with Crippen LogP contribution in [0.25, 0.3) is 0 Å². The van der Waals surface area contributed by atoms with Gasteiger partial charge in [-0.25, -0.2) is 26.6 Å². The molecular weight excluding hydrogens is 709 g/mol. The molecule has 3 N–H and O–H groups in total. The minimum Gasteiger partial charge on any atom is -0.442 e. The molecule has 3 heterocycles. The Hall–Kier alpha value is -3.84. The summed E-state index contributed by atoms with van der Waals surface area (Å²) in [5.41, 5.74) is 1.21. The summed E-state index contributed by atoms with van der Waals surface area (Å²) in [5.74, 6) is -0.965. The number of oxime groups is 1. The molecule has 274 valence electrons. The van der Waals surface area contributed by atoms with Gasteiger partial charge in [-0.05, 0) is 36.0 Å². The predicted molar refractivity (Wildman–Crippen MR) is 186 cm³/mol. The molecule has 0 unspecified atom stereocenters. The number of hydrogen-bond acceptors (Lipinski definition) is 12. The Balaban J connectivity index is 1.56. The zero-order valence-corrected chi connectivity index (χ0v) is 31.0. The molecule has 15 nitrogen and oxygen atoms in total. The lowest BCUT2D eigenvalue weighted by Gasteiger charge is -2.34. The Morgan fingerprint density at radius 3 is 2.40 bits per heavy atom. The zero-order chi connectivity index (χ0) is 36.8. The van der Waals surface area contributed by atoms with E-state index in [1.54, 1.807) is 19.2 Å². The highest BCUT2D eigenvalue weighted by molar-refractivity contribution is 7.92. The van der Waals surface area contributed by atoms with Crippen molar-refractivity contribution in [3.8, 4) is 0 Å². The van der Waals surface area contributed by atoms with Crippen molar-refractivity contribution in [2.75, 3.05) is 32.4 Å². The summed E-state index contributed by atoms with van der Waals surface area (Å²) in [4.78, 5) is 34.7. The van der Waals surface area contributed by atoms with Gasteiger partial charge in [0.15, 0.2) is 0 Å². The number of aliphatic hydroxyl groups is 1. The molecule has 1 aliphatic rings. The molecule has 4 rings (SSSR count). The van der Waals surface area contributed by atoms with Gasteiger partial charge < -0.3 is 29.8 Å². The third-order valence-corrected chi connectivity index (χ3v) is 12.3. The maximum absolute atomic E-state index is 14.1. The lowest BCUT2D eigenvalue weighted by Crippen LogP contribution is -2.57. The average molecular weight is 753 g/mol. The molecule has 2 aromatic heterocycles. The summed E-state index contributed by atoms with van der Waals surface area (Å²) >= 11 is 0.979. The highest BCUT2D eigenvalue weighted by Crippen LogP contribution is 2.24. The molecule has 50 heavy (non-hydrogen) atoms. The number of furan rings is 1. The number of amides is 3. The van der Waals surface area contributed by atoms with E-state index in [2.05, 4.69) is 15.5 Å². The first-order valence-electron chi connectivity index (χ1n) is 16.0. The molecule has 0 bridgehead atoms. The summed E-state index contributed by atoms with van der Waals surface area (Å²) in [6, 6.07) is 9.40. The lowest BCUT2D eigenvalue weighted by atomic mass is 9.97. The van der Waals surface area contributed by atoms with Gasteiger partial charge in [0, 0.05) is 37.8 Å². The second-order valence-corrected chi connectivity index (χ2v) is 17.9. The smallest absolute Gasteiger partial charge is 0.321 e. The van der Waals surface area contributed by atoms with Crippen molar-refractivity contribution in [2.45, 2.75) is 68.3 Å². The van der Waals surface area contributed by atoms with E-state index in [-0.39, 0.29) is 61.1 Å². The summed E-state index contributed by atoms with van der Waals surface area (Å²) < 4.78 is 57.6. The molecule has 1 saturated heterocycles. The second kappa shape index (κ2) is 16.5. The number of carbonyl (C=O) groups is 2. The third kappa shape index (κ3) is 9.69. The first kappa shape index (κ1) is 39.0. The molecular formula is C32H44N6O9S3. The van der Waals surface area contributed by atoms with E-state index < -0.39 is 55.1 Å². The summed E-state index contributed by atoms with van der Waals surface area (Å²) in [6.07, 6.45) is 0.805. The molecule has 18 heteroatoms. The van der Waals surface area contributed by atoms with Gasteiger partial charge in [-0.1, -0.05) is 63.2 Å². The average Bonchev–Trinajstić information content (AvgIpc) is 3.79. The van der Waals surface area contributed by atoms with Crippen molar-refractivity contribution in [1.82, 2.24) is 24.4 Å². The normalized spacial score (nSPS) is 16.2. The molecule has 0 saturated carbocycles. The van der Waals surface area contributed by atoms with E-state index in [1.165, 1.54) is 21.9 Å². The molecule has 1 fully saturated rings. The van der Waals surface area contributed by atoms with Crippen LogP contribution >= 0.6 is 11.3 Å². The van der Waals surface area contributed by atoms with E-state index >= 15 is 0 Å². The van der Waals surface area contributed by atoms with Crippen molar-refractivity contribution in [3.63, 3.8) is 0 Å². The van der Waals surface area contributed by atoms with Crippen LogP contribution in [0, 0.1) is 11.8 Å². The number of aromatic nitrogens is 1. The topological polar surface area (TPSA) is 203 Å². The van der Waals surface area contributed by atoms with Crippen LogP contribution in [0.1, 0.15) is 44.7 Å². The number of hydrogen-bond donors (Lipinski definition) is 3. The maximum Gasteiger partial charge on any atom is 0.321 e. The molecule has 0 spiro atoms. The largest absolute Gasteiger partial charge is 0.442 e. The number of thiazole rings is 1. The van der Waals surface area contributed by atoms with E-state index in [4.69, 9.17) is 9.62 Å². The standard InChI is InChI=1S/C32H44N6O9S3/c1-21(2)17-37(50(45,46)28-12-11-25(47-28)16-33-42)19-27(39)26(15-23-9-7-6-8-10-23)35-30(40)29(22(3)4)38-14-13-36(32(38)41)18-24-20-48-31(34-24)49(5,43)44/h6-12,16,20-22,26-27,29,39,42H,13-15,17-19H2,1-5H3,(H,35,40)/t26-,27-,29-/m0/s1. The van der Waals surface area contributed by atoms with E-state index in [0.717, 1.165) is 33.7 Å². The minimum atomic E-state index is -4.26.